The van der Waals surface area contributed by atoms with Crippen molar-refractivity contribution in [2.75, 3.05) is 6.54 Å². The van der Waals surface area contributed by atoms with Gasteiger partial charge in [-0.15, -0.1) is 13.2 Å². The van der Waals surface area contributed by atoms with Gasteiger partial charge in [-0.2, -0.15) is 18.3 Å². The monoisotopic (exact) mass is 641 g/mol. The van der Waals surface area contributed by atoms with Crippen molar-refractivity contribution < 1.29 is 35.9 Å². The van der Waals surface area contributed by atoms with E-state index < -0.39 is 29.9 Å². The number of fused-ring (bicyclic) bond motifs is 1. The van der Waals surface area contributed by atoms with Crippen molar-refractivity contribution in [3.63, 3.8) is 0 Å². The first kappa shape index (κ1) is 28.7. The van der Waals surface area contributed by atoms with E-state index in [1.54, 1.807) is 42.1 Å². The normalized spacial score (nSPS) is 14.0. The zero-order valence-electron chi connectivity index (χ0n) is 21.6. The third-order valence-electron chi connectivity index (χ3n) is 6.66. The SMILES string of the molecule is Cc1nccn1Cc1cc2c(c(-c3cn(C)nc3C(F)(F)F)c1)CCN(Cc1cc(Br)cc(OC(F)(F)F)c1)C2=O. The van der Waals surface area contributed by atoms with E-state index in [-0.39, 0.29) is 42.7 Å². The molecular formula is C27H22BrF6N5O2. The number of imidazole rings is 1. The predicted molar refractivity (Wildman–Crippen MR) is 139 cm³/mol. The standard InChI is InChI=1S/C27H22BrF6N5O2/c1-15-35-4-6-38(15)12-17-9-21(23-14-37(2)36-24(23)26(29,30)31)20-3-5-39(25(40)22(20)10-17)13-16-7-18(28)11-19(8-16)41-27(32,33)34/h4,6-11,14H,3,5,12-13H2,1-2H3. The van der Waals surface area contributed by atoms with Crippen LogP contribution in [0.4, 0.5) is 26.3 Å². The maximum absolute atomic E-state index is 13.9. The van der Waals surface area contributed by atoms with Gasteiger partial charge in [0.1, 0.15) is 11.6 Å². The maximum Gasteiger partial charge on any atom is 0.573 e. The number of carbonyl (C=O) groups excluding carboxylic acids is 1. The van der Waals surface area contributed by atoms with E-state index in [0.717, 1.165) is 10.7 Å². The molecule has 0 N–H and O–H groups in total. The van der Waals surface area contributed by atoms with Crippen LogP contribution in [0.5, 0.6) is 5.75 Å². The molecule has 0 unspecified atom stereocenters. The largest absolute Gasteiger partial charge is 0.573 e. The van der Waals surface area contributed by atoms with E-state index in [1.165, 1.54) is 24.2 Å². The van der Waals surface area contributed by atoms with Crippen LogP contribution in [0.2, 0.25) is 0 Å². The van der Waals surface area contributed by atoms with Crippen LogP contribution >= 0.6 is 15.9 Å². The summed E-state index contributed by atoms with van der Waals surface area (Å²) in [6, 6.07) is 7.21. The van der Waals surface area contributed by atoms with Gasteiger partial charge >= 0.3 is 12.5 Å². The Morgan fingerprint density at radius 3 is 2.34 bits per heavy atom. The Balaban J connectivity index is 1.56. The number of carbonyl (C=O) groups is 1. The number of hydrogen-bond donors (Lipinski definition) is 0. The quantitative estimate of drug-likeness (QED) is 0.225. The predicted octanol–water partition coefficient (Wildman–Crippen LogP) is 6.52. The first-order valence-electron chi connectivity index (χ1n) is 12.3. The summed E-state index contributed by atoms with van der Waals surface area (Å²) >= 11 is 3.17. The highest BCUT2D eigenvalue weighted by Gasteiger charge is 2.39. The number of aryl methyl sites for hydroxylation is 2. The second-order valence-electron chi connectivity index (χ2n) is 9.65. The smallest absolute Gasteiger partial charge is 0.406 e. The van der Waals surface area contributed by atoms with Gasteiger partial charge in [0.25, 0.3) is 5.91 Å². The minimum atomic E-state index is -4.89. The third-order valence-corrected chi connectivity index (χ3v) is 7.12. The van der Waals surface area contributed by atoms with Gasteiger partial charge in [0.15, 0.2) is 5.69 Å². The lowest BCUT2D eigenvalue weighted by molar-refractivity contribution is -0.274. The van der Waals surface area contributed by atoms with Crippen molar-refractivity contribution in [1.82, 2.24) is 24.2 Å². The molecule has 0 saturated heterocycles. The lowest BCUT2D eigenvalue weighted by atomic mass is 9.88. The van der Waals surface area contributed by atoms with Crippen LogP contribution in [0, 0.1) is 6.92 Å². The number of rotatable bonds is 6. The summed E-state index contributed by atoms with van der Waals surface area (Å²) in [7, 11) is 1.39. The van der Waals surface area contributed by atoms with Gasteiger partial charge in [0, 0.05) is 60.9 Å². The molecule has 2 aromatic heterocycles. The molecule has 0 bridgehead atoms. The molecule has 1 amide bonds. The number of ether oxygens (including phenoxy) is 1. The van der Waals surface area contributed by atoms with Gasteiger partial charge in [0.05, 0.1) is 0 Å². The van der Waals surface area contributed by atoms with Crippen LogP contribution in [0.1, 0.15) is 38.6 Å². The van der Waals surface area contributed by atoms with Gasteiger partial charge in [-0.3, -0.25) is 9.48 Å². The number of benzene rings is 2. The van der Waals surface area contributed by atoms with Crippen molar-refractivity contribution >= 4 is 21.8 Å². The van der Waals surface area contributed by atoms with Crippen molar-refractivity contribution in [3.8, 4) is 16.9 Å². The van der Waals surface area contributed by atoms with E-state index in [1.807, 2.05) is 0 Å². The van der Waals surface area contributed by atoms with Gasteiger partial charge in [-0.1, -0.05) is 15.9 Å². The minimum Gasteiger partial charge on any atom is -0.406 e. The lowest BCUT2D eigenvalue weighted by Crippen LogP contribution is -2.37. The van der Waals surface area contributed by atoms with Gasteiger partial charge in [-0.25, -0.2) is 4.98 Å². The molecule has 5 rings (SSSR count). The number of halogens is 7. The van der Waals surface area contributed by atoms with Crippen molar-refractivity contribution in [2.24, 2.45) is 7.05 Å². The average Bonchev–Trinajstić information content (AvgIpc) is 3.44. The van der Waals surface area contributed by atoms with E-state index in [0.29, 0.717) is 27.0 Å². The van der Waals surface area contributed by atoms with Crippen molar-refractivity contribution in [1.29, 1.82) is 0 Å². The molecule has 1 aliphatic rings. The van der Waals surface area contributed by atoms with Crippen LogP contribution in [-0.4, -0.2) is 43.0 Å². The fourth-order valence-electron chi connectivity index (χ4n) is 4.98. The molecule has 0 spiro atoms. The molecule has 4 aromatic rings. The minimum absolute atomic E-state index is 0.0349. The van der Waals surface area contributed by atoms with Gasteiger partial charge < -0.3 is 14.2 Å². The highest BCUT2D eigenvalue weighted by Crippen LogP contribution is 2.40. The Kier molecular flexibility index (Phi) is 7.38. The molecule has 0 fully saturated rings. The molecule has 0 radical (unpaired) electrons. The van der Waals surface area contributed by atoms with E-state index in [4.69, 9.17) is 0 Å². The Bertz CT molecular complexity index is 1630. The van der Waals surface area contributed by atoms with E-state index in [2.05, 4.69) is 30.7 Å². The molecule has 14 heteroatoms. The maximum atomic E-state index is 13.9. The fraction of sp³-hybridized carbons (Fsp3) is 0.296. The molecule has 2 aromatic carbocycles. The number of hydrogen-bond acceptors (Lipinski definition) is 4. The van der Waals surface area contributed by atoms with Crippen molar-refractivity contribution in [3.05, 3.63) is 87.2 Å². The second-order valence-corrected chi connectivity index (χ2v) is 10.6. The van der Waals surface area contributed by atoms with Crippen LogP contribution < -0.4 is 4.74 Å². The molecule has 0 atom stereocenters. The van der Waals surface area contributed by atoms with Gasteiger partial charge in [-0.05, 0) is 65.9 Å². The highest BCUT2D eigenvalue weighted by molar-refractivity contribution is 9.10. The molecule has 3 heterocycles. The molecule has 1 aliphatic heterocycles. The first-order chi connectivity index (χ1) is 19.2. The zero-order valence-corrected chi connectivity index (χ0v) is 23.2. The average molecular weight is 642 g/mol. The Morgan fingerprint density at radius 1 is 0.976 bits per heavy atom. The number of amides is 1. The molecule has 216 valence electrons. The molecule has 7 nitrogen and oxygen atoms in total. The summed E-state index contributed by atoms with van der Waals surface area (Å²) in [5, 5.41) is 3.64. The molecular weight excluding hydrogens is 620 g/mol. The number of nitrogens with zero attached hydrogens (tertiary/aromatic N) is 5. The van der Waals surface area contributed by atoms with Crippen LogP contribution in [0.25, 0.3) is 11.1 Å². The first-order valence-corrected chi connectivity index (χ1v) is 13.1. The summed E-state index contributed by atoms with van der Waals surface area (Å²) in [5.41, 5.74) is 0.697. The Labute approximate surface area is 238 Å². The third kappa shape index (κ3) is 6.26. The summed E-state index contributed by atoms with van der Waals surface area (Å²) in [6.45, 7) is 2.14. The van der Waals surface area contributed by atoms with Crippen LogP contribution in [0.15, 0.2) is 53.4 Å². The topological polar surface area (TPSA) is 65.2 Å². The van der Waals surface area contributed by atoms with Crippen LogP contribution in [-0.2, 0) is 32.7 Å². The number of aromatic nitrogens is 4. The lowest BCUT2D eigenvalue weighted by Gasteiger charge is -2.31. The van der Waals surface area contributed by atoms with E-state index in [9.17, 15) is 31.1 Å². The summed E-state index contributed by atoms with van der Waals surface area (Å²) < 4.78 is 87.4. The second kappa shape index (κ2) is 10.5. The summed E-state index contributed by atoms with van der Waals surface area (Å²) in [5.74, 6) is -0.211. The van der Waals surface area contributed by atoms with E-state index >= 15 is 0 Å². The molecule has 41 heavy (non-hydrogen) atoms. The highest BCUT2D eigenvalue weighted by atomic mass is 79.9. The molecule has 0 saturated carbocycles. The Morgan fingerprint density at radius 2 is 1.68 bits per heavy atom. The van der Waals surface area contributed by atoms with Crippen LogP contribution in [0.3, 0.4) is 0 Å². The number of alkyl halides is 6. The summed E-state index contributed by atoms with van der Waals surface area (Å²) in [4.78, 5) is 19.4. The van der Waals surface area contributed by atoms with Gasteiger partial charge in [0.2, 0.25) is 0 Å². The fourth-order valence-corrected chi connectivity index (χ4v) is 5.50. The Hall–Kier alpha value is -3.81. The van der Waals surface area contributed by atoms with Crippen molar-refractivity contribution in [2.45, 2.75) is 39.0 Å². The zero-order chi connectivity index (χ0) is 29.7. The summed E-state index contributed by atoms with van der Waals surface area (Å²) in [6.07, 6.45) is -4.78. The molecule has 0 aliphatic carbocycles.